The first-order valence-electron chi connectivity index (χ1n) is 10.1. The molecule has 2 aromatic rings. The molecule has 30 heavy (non-hydrogen) atoms. The lowest BCUT2D eigenvalue weighted by Gasteiger charge is -2.22. The first-order chi connectivity index (χ1) is 14.4. The maximum Gasteiger partial charge on any atom is 0.232 e. The summed E-state index contributed by atoms with van der Waals surface area (Å²) in [5, 5.41) is 2.87. The highest BCUT2D eigenvalue weighted by Crippen LogP contribution is 2.36. The molecule has 0 radical (unpaired) electrons. The molecule has 1 amide bonds. The van der Waals surface area contributed by atoms with Crippen molar-refractivity contribution in [1.29, 1.82) is 0 Å². The van der Waals surface area contributed by atoms with Crippen LogP contribution < -0.4 is 19.1 Å². The zero-order valence-corrected chi connectivity index (χ0v) is 18.2. The second-order valence-electron chi connectivity index (χ2n) is 7.32. The molecule has 1 aliphatic rings. The number of sulfonamides is 1. The van der Waals surface area contributed by atoms with Gasteiger partial charge >= 0.3 is 0 Å². The van der Waals surface area contributed by atoms with Gasteiger partial charge in [-0.1, -0.05) is 25.5 Å². The number of fused-ring (bicyclic) bond motifs is 1. The largest absolute Gasteiger partial charge is 0.454 e. The Morgan fingerprint density at radius 1 is 1.07 bits per heavy atom. The van der Waals surface area contributed by atoms with Crippen LogP contribution in [0.25, 0.3) is 0 Å². The van der Waals surface area contributed by atoms with E-state index >= 15 is 0 Å². The SMILES string of the molecule is CCCCc1ccc(NC(=O)CCCN(c2ccc3c(c2)OCO3)S(C)(=O)=O)cc1. The standard InChI is InChI=1S/C22H28N2O5S/c1-3-4-6-17-8-10-18(11-9-17)23-22(25)7-5-14-24(30(2,26)27)19-12-13-20-21(15-19)29-16-28-20/h8-13,15H,3-7,14,16H2,1-2H3,(H,23,25). The zero-order chi connectivity index (χ0) is 21.6. The molecule has 1 heterocycles. The van der Waals surface area contributed by atoms with Gasteiger partial charge in [0.15, 0.2) is 11.5 Å². The van der Waals surface area contributed by atoms with Gasteiger partial charge in [-0.15, -0.1) is 0 Å². The van der Waals surface area contributed by atoms with Crippen LogP contribution in [0, 0.1) is 0 Å². The van der Waals surface area contributed by atoms with E-state index in [9.17, 15) is 13.2 Å². The molecule has 2 aromatic carbocycles. The molecule has 7 nitrogen and oxygen atoms in total. The van der Waals surface area contributed by atoms with Crippen LogP contribution in [0.2, 0.25) is 0 Å². The number of amides is 1. The lowest BCUT2D eigenvalue weighted by Crippen LogP contribution is -2.31. The fourth-order valence-electron chi connectivity index (χ4n) is 3.27. The first-order valence-corrected chi connectivity index (χ1v) is 12.0. The summed E-state index contributed by atoms with van der Waals surface area (Å²) in [4.78, 5) is 12.3. The van der Waals surface area contributed by atoms with E-state index < -0.39 is 10.0 Å². The lowest BCUT2D eigenvalue weighted by molar-refractivity contribution is -0.116. The van der Waals surface area contributed by atoms with Gasteiger partial charge in [0, 0.05) is 24.7 Å². The molecule has 0 saturated heterocycles. The van der Waals surface area contributed by atoms with E-state index in [1.807, 2.05) is 24.3 Å². The minimum atomic E-state index is -3.50. The van der Waals surface area contributed by atoms with Crippen LogP contribution in [-0.4, -0.2) is 33.9 Å². The third kappa shape index (κ3) is 5.89. The number of anilines is 2. The molecule has 1 N–H and O–H groups in total. The van der Waals surface area contributed by atoms with Crippen molar-refractivity contribution >= 4 is 27.3 Å². The lowest BCUT2D eigenvalue weighted by atomic mass is 10.1. The summed E-state index contributed by atoms with van der Waals surface area (Å²) in [6.45, 7) is 2.48. The Morgan fingerprint density at radius 2 is 1.80 bits per heavy atom. The fourth-order valence-corrected chi connectivity index (χ4v) is 4.23. The summed E-state index contributed by atoms with van der Waals surface area (Å²) in [7, 11) is -3.50. The number of nitrogens with one attached hydrogen (secondary N) is 1. The molecular weight excluding hydrogens is 404 g/mol. The fraction of sp³-hybridized carbons (Fsp3) is 0.409. The summed E-state index contributed by atoms with van der Waals surface area (Å²) >= 11 is 0. The Kier molecular flexibility index (Phi) is 7.20. The maximum atomic E-state index is 12.3. The molecule has 162 valence electrons. The average Bonchev–Trinajstić information content (AvgIpc) is 3.17. The van der Waals surface area contributed by atoms with Crippen LogP contribution in [-0.2, 0) is 21.2 Å². The topological polar surface area (TPSA) is 84.9 Å². The Morgan fingerprint density at radius 3 is 2.50 bits per heavy atom. The molecule has 0 spiro atoms. The van der Waals surface area contributed by atoms with Crippen molar-refractivity contribution in [1.82, 2.24) is 0 Å². The van der Waals surface area contributed by atoms with Crippen molar-refractivity contribution < 1.29 is 22.7 Å². The molecule has 0 aromatic heterocycles. The molecule has 1 aliphatic heterocycles. The molecule has 0 aliphatic carbocycles. The molecule has 0 unspecified atom stereocenters. The average molecular weight is 433 g/mol. The Balaban J connectivity index is 1.54. The van der Waals surface area contributed by atoms with Crippen LogP contribution in [0.4, 0.5) is 11.4 Å². The van der Waals surface area contributed by atoms with Crippen molar-refractivity contribution in [2.24, 2.45) is 0 Å². The van der Waals surface area contributed by atoms with Crippen molar-refractivity contribution in [3.63, 3.8) is 0 Å². The normalized spacial score (nSPS) is 12.6. The van der Waals surface area contributed by atoms with Gasteiger partial charge in [0.1, 0.15) is 0 Å². The van der Waals surface area contributed by atoms with Crippen LogP contribution in [0.3, 0.4) is 0 Å². The number of hydrogen-bond acceptors (Lipinski definition) is 5. The minimum Gasteiger partial charge on any atom is -0.454 e. The predicted molar refractivity (Wildman–Crippen MR) is 118 cm³/mol. The highest BCUT2D eigenvalue weighted by atomic mass is 32.2. The van der Waals surface area contributed by atoms with Crippen molar-refractivity contribution in [2.45, 2.75) is 39.0 Å². The van der Waals surface area contributed by atoms with E-state index in [1.54, 1.807) is 18.2 Å². The van der Waals surface area contributed by atoms with Gasteiger partial charge in [0.05, 0.1) is 11.9 Å². The number of unbranched alkanes of at least 4 members (excludes halogenated alkanes) is 1. The van der Waals surface area contributed by atoms with Gasteiger partial charge in [-0.05, 0) is 49.1 Å². The monoisotopic (exact) mass is 432 g/mol. The highest BCUT2D eigenvalue weighted by Gasteiger charge is 2.21. The quantitative estimate of drug-likeness (QED) is 0.615. The summed E-state index contributed by atoms with van der Waals surface area (Å²) in [6, 6.07) is 12.9. The number of carbonyl (C=O) groups is 1. The summed E-state index contributed by atoms with van der Waals surface area (Å²) in [5.41, 5.74) is 2.49. The summed E-state index contributed by atoms with van der Waals surface area (Å²) < 4.78 is 36.4. The number of aryl methyl sites for hydroxylation is 1. The van der Waals surface area contributed by atoms with Gasteiger partial charge in [0.25, 0.3) is 0 Å². The summed E-state index contributed by atoms with van der Waals surface area (Å²) in [5.74, 6) is 0.962. The van der Waals surface area contributed by atoms with Crippen LogP contribution in [0.15, 0.2) is 42.5 Å². The van der Waals surface area contributed by atoms with Gasteiger partial charge in [0.2, 0.25) is 22.7 Å². The van der Waals surface area contributed by atoms with Crippen LogP contribution >= 0.6 is 0 Å². The highest BCUT2D eigenvalue weighted by molar-refractivity contribution is 7.92. The van der Waals surface area contributed by atoms with E-state index in [1.165, 1.54) is 9.87 Å². The third-order valence-electron chi connectivity index (χ3n) is 4.87. The van der Waals surface area contributed by atoms with E-state index in [4.69, 9.17) is 9.47 Å². The third-order valence-corrected chi connectivity index (χ3v) is 6.06. The maximum absolute atomic E-state index is 12.3. The second-order valence-corrected chi connectivity index (χ2v) is 9.23. The number of hydrogen-bond donors (Lipinski definition) is 1. The van der Waals surface area contributed by atoms with E-state index in [0.29, 0.717) is 23.6 Å². The van der Waals surface area contributed by atoms with Gasteiger partial charge in [-0.3, -0.25) is 9.10 Å². The molecule has 3 rings (SSSR count). The first kappa shape index (κ1) is 22.0. The Labute approximate surface area is 178 Å². The van der Waals surface area contributed by atoms with Gasteiger partial charge in [-0.2, -0.15) is 0 Å². The van der Waals surface area contributed by atoms with Gasteiger partial charge in [-0.25, -0.2) is 8.42 Å². The van der Waals surface area contributed by atoms with Crippen molar-refractivity contribution in [3.05, 3.63) is 48.0 Å². The number of nitrogens with zero attached hydrogens (tertiary/aromatic N) is 1. The predicted octanol–water partition coefficient (Wildman–Crippen LogP) is 3.94. The van der Waals surface area contributed by atoms with E-state index in [0.717, 1.165) is 31.2 Å². The van der Waals surface area contributed by atoms with Crippen molar-refractivity contribution in [3.8, 4) is 11.5 Å². The van der Waals surface area contributed by atoms with Crippen LogP contribution in [0.1, 0.15) is 38.2 Å². The zero-order valence-electron chi connectivity index (χ0n) is 17.4. The summed E-state index contributed by atoms with van der Waals surface area (Å²) in [6.07, 6.45) is 5.08. The van der Waals surface area contributed by atoms with Crippen LogP contribution in [0.5, 0.6) is 11.5 Å². The number of rotatable bonds is 10. The number of carbonyl (C=O) groups excluding carboxylic acids is 1. The smallest absolute Gasteiger partial charge is 0.232 e. The Bertz CT molecular complexity index is 974. The molecule has 8 heteroatoms. The molecule has 0 saturated carbocycles. The van der Waals surface area contributed by atoms with E-state index in [2.05, 4.69) is 12.2 Å². The number of benzene rings is 2. The van der Waals surface area contributed by atoms with Crippen molar-refractivity contribution in [2.75, 3.05) is 29.2 Å². The second kappa shape index (κ2) is 9.84. The molecule has 0 fully saturated rings. The molecule has 0 atom stereocenters. The van der Waals surface area contributed by atoms with E-state index in [-0.39, 0.29) is 25.7 Å². The van der Waals surface area contributed by atoms with Gasteiger partial charge < -0.3 is 14.8 Å². The minimum absolute atomic E-state index is 0.122. The molecule has 0 bridgehead atoms. The molecular formula is C22H28N2O5S. The Hall–Kier alpha value is -2.74. The number of ether oxygens (including phenoxy) is 2.